The number of nitrogens with zero attached hydrogens (tertiary/aromatic N) is 4. The van der Waals surface area contributed by atoms with Gasteiger partial charge in [0.05, 0.1) is 30.0 Å². The number of hydrogen-bond acceptors (Lipinski definition) is 4. The van der Waals surface area contributed by atoms with Crippen molar-refractivity contribution in [3.63, 3.8) is 0 Å². The number of aryl methyl sites for hydroxylation is 3. The number of morpholine rings is 1. The molecule has 2 aliphatic rings. The molecule has 2 amide bonds. The van der Waals surface area contributed by atoms with E-state index in [1.807, 2.05) is 42.8 Å². The molecule has 2 aromatic heterocycles. The van der Waals surface area contributed by atoms with Crippen molar-refractivity contribution >= 4 is 11.8 Å². The minimum absolute atomic E-state index is 0.0150. The maximum absolute atomic E-state index is 12.9. The van der Waals surface area contributed by atoms with Crippen molar-refractivity contribution < 1.29 is 14.3 Å². The second-order valence-corrected chi connectivity index (χ2v) is 8.06. The molecule has 156 valence electrons. The second kappa shape index (κ2) is 7.67. The van der Waals surface area contributed by atoms with Crippen LogP contribution in [-0.4, -0.2) is 74.8 Å². The van der Waals surface area contributed by atoms with E-state index in [0.717, 1.165) is 36.2 Å². The monoisotopic (exact) mass is 399 g/mol. The second-order valence-electron chi connectivity index (χ2n) is 8.06. The molecular weight excluding hydrogens is 370 g/mol. The minimum Gasteiger partial charge on any atom is -0.371 e. The molecule has 8 nitrogen and oxygen atoms in total. The molecule has 8 heteroatoms. The van der Waals surface area contributed by atoms with Gasteiger partial charge in [0.1, 0.15) is 5.69 Å². The largest absolute Gasteiger partial charge is 0.371 e. The van der Waals surface area contributed by atoms with Gasteiger partial charge >= 0.3 is 0 Å². The minimum atomic E-state index is -0.365. The molecule has 2 aromatic rings. The van der Waals surface area contributed by atoms with Crippen LogP contribution in [-0.2, 0) is 18.2 Å². The summed E-state index contributed by atoms with van der Waals surface area (Å²) in [6.45, 7) is 6.89. The molecule has 0 aromatic carbocycles. The predicted octanol–water partition coefficient (Wildman–Crippen LogP) is 1.77. The summed E-state index contributed by atoms with van der Waals surface area (Å²) in [6, 6.07) is 3.71. The van der Waals surface area contributed by atoms with Crippen LogP contribution in [0, 0.1) is 6.92 Å². The molecule has 1 N–H and O–H groups in total. The number of H-pyrrole nitrogens is 1. The third-order valence-electron chi connectivity index (χ3n) is 6.19. The standard InChI is InChI=1S/C21H29N5O3/c1-4-16-13-18(24(3)23-16)20(28)25-9-6-21(7-10-25)14-26(11-12-29-21)19(27)17-5-8-22-15(17)2/h5,8,13,22H,4,6-7,9-12,14H2,1-3H3. The van der Waals surface area contributed by atoms with Gasteiger partial charge in [0.15, 0.2) is 0 Å². The van der Waals surface area contributed by atoms with Crippen molar-refractivity contribution in [2.45, 2.75) is 38.7 Å². The Balaban J connectivity index is 1.41. The highest BCUT2D eigenvalue weighted by atomic mass is 16.5. The molecule has 4 heterocycles. The van der Waals surface area contributed by atoms with Crippen molar-refractivity contribution in [3.8, 4) is 0 Å². The van der Waals surface area contributed by atoms with Gasteiger partial charge in [-0.15, -0.1) is 0 Å². The lowest BCUT2D eigenvalue weighted by Gasteiger charge is -2.47. The number of likely N-dealkylation sites (tertiary alicyclic amines) is 1. The molecule has 2 aliphatic heterocycles. The molecule has 4 rings (SSSR count). The lowest BCUT2D eigenvalue weighted by molar-refractivity contribution is -0.123. The van der Waals surface area contributed by atoms with Crippen LogP contribution >= 0.6 is 0 Å². The summed E-state index contributed by atoms with van der Waals surface area (Å²) in [5, 5.41) is 4.39. The Bertz CT molecular complexity index is 907. The van der Waals surface area contributed by atoms with Crippen LogP contribution in [0.1, 0.15) is 52.0 Å². The lowest BCUT2D eigenvalue weighted by atomic mass is 9.89. The van der Waals surface area contributed by atoms with Crippen LogP contribution in [0.3, 0.4) is 0 Å². The first kappa shape index (κ1) is 19.7. The zero-order chi connectivity index (χ0) is 20.6. The smallest absolute Gasteiger partial charge is 0.272 e. The number of aromatic nitrogens is 3. The summed E-state index contributed by atoms with van der Waals surface area (Å²) in [6.07, 6.45) is 4.06. The Kier molecular flexibility index (Phi) is 5.21. The number of carbonyl (C=O) groups excluding carboxylic acids is 2. The highest BCUT2D eigenvalue weighted by Gasteiger charge is 2.42. The maximum Gasteiger partial charge on any atom is 0.272 e. The van der Waals surface area contributed by atoms with Crippen LogP contribution in [0.2, 0.25) is 0 Å². The topological polar surface area (TPSA) is 83.5 Å². The number of aromatic amines is 1. The number of amides is 2. The molecule has 0 bridgehead atoms. The van der Waals surface area contributed by atoms with Gasteiger partial charge in [-0.2, -0.15) is 5.10 Å². The molecule has 0 radical (unpaired) electrons. The molecule has 2 saturated heterocycles. The summed E-state index contributed by atoms with van der Waals surface area (Å²) in [4.78, 5) is 32.7. The van der Waals surface area contributed by atoms with Crippen LogP contribution in [0.25, 0.3) is 0 Å². The van der Waals surface area contributed by atoms with Gasteiger partial charge in [0.2, 0.25) is 0 Å². The fraction of sp³-hybridized carbons (Fsp3) is 0.571. The Labute approximate surface area is 170 Å². The number of nitrogens with one attached hydrogen (secondary N) is 1. The van der Waals surface area contributed by atoms with Crippen LogP contribution in [0.5, 0.6) is 0 Å². The van der Waals surface area contributed by atoms with Crippen molar-refractivity contribution in [2.75, 3.05) is 32.8 Å². The van der Waals surface area contributed by atoms with E-state index in [2.05, 4.69) is 10.1 Å². The number of ether oxygens (including phenoxy) is 1. The van der Waals surface area contributed by atoms with E-state index < -0.39 is 0 Å². The van der Waals surface area contributed by atoms with E-state index in [1.54, 1.807) is 10.9 Å². The Morgan fingerprint density at radius 3 is 2.59 bits per heavy atom. The van der Waals surface area contributed by atoms with Gasteiger partial charge in [-0.3, -0.25) is 14.3 Å². The molecule has 1 spiro atoms. The Morgan fingerprint density at radius 2 is 1.97 bits per heavy atom. The van der Waals surface area contributed by atoms with Crippen molar-refractivity contribution in [1.29, 1.82) is 0 Å². The number of carbonyl (C=O) groups is 2. The van der Waals surface area contributed by atoms with Gasteiger partial charge in [0.25, 0.3) is 11.8 Å². The van der Waals surface area contributed by atoms with Gasteiger partial charge in [-0.25, -0.2) is 0 Å². The van der Waals surface area contributed by atoms with Crippen molar-refractivity contribution in [2.24, 2.45) is 7.05 Å². The molecule has 0 unspecified atom stereocenters. The summed E-state index contributed by atoms with van der Waals surface area (Å²) in [5.74, 6) is 0.0631. The van der Waals surface area contributed by atoms with E-state index in [9.17, 15) is 9.59 Å². The number of rotatable bonds is 3. The van der Waals surface area contributed by atoms with Crippen LogP contribution in [0.4, 0.5) is 0 Å². The molecule has 0 aliphatic carbocycles. The Morgan fingerprint density at radius 1 is 1.21 bits per heavy atom. The van der Waals surface area contributed by atoms with Gasteiger partial charge in [-0.1, -0.05) is 6.92 Å². The average molecular weight is 399 g/mol. The van der Waals surface area contributed by atoms with Crippen LogP contribution in [0.15, 0.2) is 18.3 Å². The zero-order valence-electron chi connectivity index (χ0n) is 17.4. The van der Waals surface area contributed by atoms with Crippen molar-refractivity contribution in [3.05, 3.63) is 41.0 Å². The highest BCUT2D eigenvalue weighted by Crippen LogP contribution is 2.31. The zero-order valence-corrected chi connectivity index (χ0v) is 17.4. The summed E-state index contributed by atoms with van der Waals surface area (Å²) >= 11 is 0. The first-order chi connectivity index (χ1) is 13.9. The SMILES string of the molecule is CCc1cc(C(=O)N2CCC3(CC2)CN(C(=O)c2cc[nH]c2C)CCO3)n(C)n1. The third-order valence-corrected chi connectivity index (χ3v) is 6.19. The maximum atomic E-state index is 12.9. The van der Waals surface area contributed by atoms with E-state index in [4.69, 9.17) is 4.74 Å². The average Bonchev–Trinajstić information content (AvgIpc) is 3.33. The van der Waals surface area contributed by atoms with E-state index >= 15 is 0 Å². The summed E-state index contributed by atoms with van der Waals surface area (Å²) in [7, 11) is 1.81. The summed E-state index contributed by atoms with van der Waals surface area (Å²) in [5.41, 5.74) is 2.79. The molecule has 0 atom stereocenters. The van der Waals surface area contributed by atoms with Gasteiger partial charge in [0, 0.05) is 38.6 Å². The number of piperidine rings is 1. The first-order valence-electron chi connectivity index (χ1n) is 10.3. The van der Waals surface area contributed by atoms with E-state index in [-0.39, 0.29) is 17.4 Å². The first-order valence-corrected chi connectivity index (χ1v) is 10.3. The third kappa shape index (κ3) is 3.69. The fourth-order valence-electron chi connectivity index (χ4n) is 4.35. The number of hydrogen-bond donors (Lipinski definition) is 1. The fourth-order valence-corrected chi connectivity index (χ4v) is 4.35. The Hall–Kier alpha value is -2.61. The summed E-state index contributed by atoms with van der Waals surface area (Å²) < 4.78 is 7.83. The van der Waals surface area contributed by atoms with Gasteiger partial charge < -0.3 is 19.5 Å². The van der Waals surface area contributed by atoms with Crippen molar-refractivity contribution in [1.82, 2.24) is 24.6 Å². The quantitative estimate of drug-likeness (QED) is 0.853. The predicted molar refractivity (Wildman–Crippen MR) is 108 cm³/mol. The van der Waals surface area contributed by atoms with E-state index in [1.165, 1.54) is 0 Å². The molecular formula is C21H29N5O3. The van der Waals surface area contributed by atoms with Gasteiger partial charge in [-0.05, 0) is 38.3 Å². The normalized spacial score (nSPS) is 19.0. The van der Waals surface area contributed by atoms with E-state index in [0.29, 0.717) is 38.5 Å². The molecule has 2 fully saturated rings. The van der Waals surface area contributed by atoms with Crippen LogP contribution < -0.4 is 0 Å². The highest BCUT2D eigenvalue weighted by molar-refractivity contribution is 5.95. The molecule has 29 heavy (non-hydrogen) atoms. The lowest BCUT2D eigenvalue weighted by Crippen LogP contribution is -2.58. The molecule has 0 saturated carbocycles.